The van der Waals surface area contributed by atoms with Crippen LogP contribution in [0.1, 0.15) is 23.6 Å². The van der Waals surface area contributed by atoms with E-state index < -0.39 is 0 Å². The van der Waals surface area contributed by atoms with Gasteiger partial charge in [0, 0.05) is 32.4 Å². The molecule has 0 aliphatic rings. The van der Waals surface area contributed by atoms with Crippen LogP contribution in [0.2, 0.25) is 0 Å². The quantitative estimate of drug-likeness (QED) is 0.302. The molecule has 1 aromatic rings. The van der Waals surface area contributed by atoms with Crippen molar-refractivity contribution in [3.63, 3.8) is 0 Å². The fraction of sp³-hybridized carbons (Fsp3) is 0.500. The summed E-state index contributed by atoms with van der Waals surface area (Å²) in [6, 6.07) is 5.78. The van der Waals surface area contributed by atoms with Gasteiger partial charge in [0.2, 0.25) is 0 Å². The maximum atomic E-state index is 8.64. The summed E-state index contributed by atoms with van der Waals surface area (Å²) in [5.41, 5.74) is 8.62. The van der Waals surface area contributed by atoms with Crippen molar-refractivity contribution in [1.29, 1.82) is 0 Å². The molecule has 0 saturated carbocycles. The van der Waals surface area contributed by atoms with Crippen molar-refractivity contribution >= 4 is 5.84 Å². The van der Waals surface area contributed by atoms with Crippen LogP contribution in [0.5, 0.6) is 0 Å². The van der Waals surface area contributed by atoms with Gasteiger partial charge in [-0.2, -0.15) is 0 Å². The molecular formula is C14H23N3O2. The SMILES string of the molecule is COCC(C)CNCc1ccc(/C(N)=N/O)cc1C. The predicted molar refractivity (Wildman–Crippen MR) is 76.4 cm³/mol. The zero-order valence-electron chi connectivity index (χ0n) is 11.8. The predicted octanol–water partition coefficient (Wildman–Crippen LogP) is 1.46. The summed E-state index contributed by atoms with van der Waals surface area (Å²) in [5.74, 6) is 0.623. The average Bonchev–Trinajstić information content (AvgIpc) is 2.40. The van der Waals surface area contributed by atoms with Crippen LogP contribution >= 0.6 is 0 Å². The maximum Gasteiger partial charge on any atom is 0.170 e. The first-order valence-electron chi connectivity index (χ1n) is 6.35. The summed E-state index contributed by atoms with van der Waals surface area (Å²) in [4.78, 5) is 0. The van der Waals surface area contributed by atoms with Crippen molar-refractivity contribution in [1.82, 2.24) is 5.32 Å². The molecule has 5 heteroatoms. The van der Waals surface area contributed by atoms with Gasteiger partial charge in [0.15, 0.2) is 5.84 Å². The Balaban J connectivity index is 2.56. The molecule has 0 bridgehead atoms. The van der Waals surface area contributed by atoms with Crippen LogP contribution in [-0.2, 0) is 11.3 Å². The van der Waals surface area contributed by atoms with E-state index in [0.29, 0.717) is 5.92 Å². The first-order valence-corrected chi connectivity index (χ1v) is 6.35. The number of benzene rings is 1. The second kappa shape index (κ2) is 7.76. The lowest BCUT2D eigenvalue weighted by Crippen LogP contribution is -2.24. The summed E-state index contributed by atoms with van der Waals surface area (Å²) in [6.45, 7) is 6.63. The zero-order chi connectivity index (χ0) is 14.3. The molecule has 0 spiro atoms. The summed E-state index contributed by atoms with van der Waals surface area (Å²) < 4.78 is 5.09. The molecule has 0 fully saturated rings. The normalized spacial score (nSPS) is 13.5. The number of nitrogens with one attached hydrogen (secondary N) is 1. The third-order valence-corrected chi connectivity index (χ3v) is 3.01. The Morgan fingerprint density at radius 1 is 1.53 bits per heavy atom. The van der Waals surface area contributed by atoms with Crippen molar-refractivity contribution in [3.8, 4) is 0 Å². The summed E-state index contributed by atoms with van der Waals surface area (Å²) in [5, 5.41) is 15.0. The van der Waals surface area contributed by atoms with Gasteiger partial charge < -0.3 is 21.0 Å². The molecule has 19 heavy (non-hydrogen) atoms. The highest BCUT2D eigenvalue weighted by molar-refractivity contribution is 5.97. The molecule has 1 rings (SSSR count). The molecule has 106 valence electrons. The summed E-state index contributed by atoms with van der Waals surface area (Å²) >= 11 is 0. The smallest absolute Gasteiger partial charge is 0.170 e. The minimum atomic E-state index is 0.135. The summed E-state index contributed by atoms with van der Waals surface area (Å²) in [7, 11) is 1.71. The van der Waals surface area contributed by atoms with Gasteiger partial charge in [-0.3, -0.25) is 0 Å². The van der Waals surface area contributed by atoms with Gasteiger partial charge in [0.05, 0.1) is 0 Å². The highest BCUT2D eigenvalue weighted by atomic mass is 16.5. The number of ether oxygens (including phenoxy) is 1. The first kappa shape index (κ1) is 15.5. The van der Waals surface area contributed by atoms with Crippen molar-refractivity contribution in [2.24, 2.45) is 16.8 Å². The van der Waals surface area contributed by atoms with Gasteiger partial charge in [-0.05, 0) is 30.0 Å². The number of rotatable bonds is 7. The van der Waals surface area contributed by atoms with Gasteiger partial charge in [-0.15, -0.1) is 0 Å². The molecule has 0 radical (unpaired) electrons. The van der Waals surface area contributed by atoms with E-state index >= 15 is 0 Å². The molecule has 0 amide bonds. The topological polar surface area (TPSA) is 79.9 Å². The van der Waals surface area contributed by atoms with Crippen LogP contribution in [0.3, 0.4) is 0 Å². The van der Waals surface area contributed by atoms with Crippen LogP contribution in [0, 0.1) is 12.8 Å². The molecule has 0 aliphatic heterocycles. The van der Waals surface area contributed by atoms with E-state index in [4.69, 9.17) is 15.7 Å². The highest BCUT2D eigenvalue weighted by Crippen LogP contribution is 2.11. The Bertz CT molecular complexity index is 433. The molecule has 1 aromatic carbocycles. The Morgan fingerprint density at radius 2 is 2.26 bits per heavy atom. The Morgan fingerprint density at radius 3 is 2.84 bits per heavy atom. The van der Waals surface area contributed by atoms with Crippen molar-refractivity contribution < 1.29 is 9.94 Å². The molecule has 0 heterocycles. The lowest BCUT2D eigenvalue weighted by Gasteiger charge is -2.13. The van der Waals surface area contributed by atoms with Crippen LogP contribution < -0.4 is 11.1 Å². The van der Waals surface area contributed by atoms with Crippen LogP contribution in [-0.4, -0.2) is 31.3 Å². The number of aryl methyl sites for hydroxylation is 1. The standard InChI is InChI=1S/C14H23N3O2/c1-10(9-19-3)7-16-8-13-5-4-12(6-11(13)2)14(15)17-18/h4-6,10,16,18H,7-9H2,1-3H3,(H2,15,17). The fourth-order valence-corrected chi connectivity index (χ4v) is 1.91. The van der Waals surface area contributed by atoms with E-state index in [-0.39, 0.29) is 5.84 Å². The number of nitrogens with two attached hydrogens (primary N) is 1. The minimum Gasteiger partial charge on any atom is -0.409 e. The number of oxime groups is 1. The second-order valence-electron chi connectivity index (χ2n) is 4.82. The van der Waals surface area contributed by atoms with E-state index in [1.165, 1.54) is 5.56 Å². The molecule has 1 unspecified atom stereocenters. The number of amidine groups is 1. The van der Waals surface area contributed by atoms with Crippen LogP contribution in [0.25, 0.3) is 0 Å². The number of hydrogen-bond acceptors (Lipinski definition) is 4. The van der Waals surface area contributed by atoms with E-state index in [1.54, 1.807) is 7.11 Å². The first-order chi connectivity index (χ1) is 9.08. The second-order valence-corrected chi connectivity index (χ2v) is 4.82. The fourth-order valence-electron chi connectivity index (χ4n) is 1.91. The van der Waals surface area contributed by atoms with Gasteiger partial charge in [-0.1, -0.05) is 24.2 Å². The molecule has 0 aliphatic carbocycles. The molecule has 0 saturated heterocycles. The zero-order valence-corrected chi connectivity index (χ0v) is 11.8. The van der Waals surface area contributed by atoms with Crippen molar-refractivity contribution in [3.05, 3.63) is 34.9 Å². The lowest BCUT2D eigenvalue weighted by atomic mass is 10.0. The van der Waals surface area contributed by atoms with Gasteiger partial charge in [0.1, 0.15) is 0 Å². The van der Waals surface area contributed by atoms with Gasteiger partial charge in [0.25, 0.3) is 0 Å². The maximum absolute atomic E-state index is 8.64. The third kappa shape index (κ3) is 4.89. The van der Waals surface area contributed by atoms with Gasteiger partial charge in [-0.25, -0.2) is 0 Å². The Kier molecular flexibility index (Phi) is 6.32. The molecule has 0 aromatic heterocycles. The molecule has 4 N–H and O–H groups in total. The number of nitrogens with zero attached hydrogens (tertiary/aromatic N) is 1. The lowest BCUT2D eigenvalue weighted by molar-refractivity contribution is 0.158. The van der Waals surface area contributed by atoms with Crippen LogP contribution in [0.4, 0.5) is 0 Å². The number of hydrogen-bond donors (Lipinski definition) is 3. The van der Waals surface area contributed by atoms with E-state index in [1.807, 2.05) is 25.1 Å². The van der Waals surface area contributed by atoms with E-state index in [2.05, 4.69) is 17.4 Å². The Hall–Kier alpha value is -1.59. The number of methoxy groups -OCH3 is 1. The molecular weight excluding hydrogens is 242 g/mol. The highest BCUT2D eigenvalue weighted by Gasteiger charge is 2.05. The molecule has 1 atom stereocenters. The van der Waals surface area contributed by atoms with Crippen LogP contribution in [0.15, 0.2) is 23.4 Å². The van der Waals surface area contributed by atoms with E-state index in [0.717, 1.165) is 30.8 Å². The van der Waals surface area contributed by atoms with E-state index in [9.17, 15) is 0 Å². The minimum absolute atomic E-state index is 0.135. The largest absolute Gasteiger partial charge is 0.409 e. The van der Waals surface area contributed by atoms with Gasteiger partial charge >= 0.3 is 0 Å². The summed E-state index contributed by atoms with van der Waals surface area (Å²) in [6.07, 6.45) is 0. The average molecular weight is 265 g/mol. The monoisotopic (exact) mass is 265 g/mol. The van der Waals surface area contributed by atoms with Crippen molar-refractivity contribution in [2.75, 3.05) is 20.3 Å². The Labute approximate surface area is 114 Å². The molecule has 5 nitrogen and oxygen atoms in total. The third-order valence-electron chi connectivity index (χ3n) is 3.01. The van der Waals surface area contributed by atoms with Crippen molar-refractivity contribution in [2.45, 2.75) is 20.4 Å².